The van der Waals surface area contributed by atoms with Gasteiger partial charge in [0, 0.05) is 37.8 Å². The number of nitrogens with zero attached hydrogens (tertiary/aromatic N) is 4. The third-order valence-electron chi connectivity index (χ3n) is 8.53. The number of hydrogen-bond donors (Lipinski definition) is 1. The van der Waals surface area contributed by atoms with Crippen LogP contribution in [0.3, 0.4) is 0 Å². The van der Waals surface area contributed by atoms with Gasteiger partial charge >= 0.3 is 6.09 Å². The van der Waals surface area contributed by atoms with E-state index in [0.717, 1.165) is 80.5 Å². The molecule has 0 aliphatic carbocycles. The van der Waals surface area contributed by atoms with Gasteiger partial charge in [0.15, 0.2) is 0 Å². The van der Waals surface area contributed by atoms with Crippen molar-refractivity contribution in [3.8, 4) is 11.1 Å². The number of carbonyl (C=O) groups excluding carboxylic acids is 3. The van der Waals surface area contributed by atoms with Crippen molar-refractivity contribution >= 4 is 23.6 Å². The van der Waals surface area contributed by atoms with E-state index in [1.54, 1.807) is 17.0 Å². The number of para-hydroxylation sites is 1. The standard InChI is InChI=1S/C35H43N5O4/c1-37(34(42)29-19-17-27(18-20-29)26-38-21-11-8-16-32(38)33(36)41)24-25-44-35(43)40(39-22-9-3-10-23-39)31-15-7-6-14-30(31)28-12-4-2-5-13-28/h2,4-7,12-15,17-20,32H,3,8-11,16,21-26H2,1H3,(H2,36,41). The second kappa shape index (κ2) is 15.0. The largest absolute Gasteiger partial charge is 0.446 e. The normalized spacial score (nSPS) is 17.5. The number of piperidine rings is 2. The lowest BCUT2D eigenvalue weighted by Gasteiger charge is -2.37. The second-order valence-corrected chi connectivity index (χ2v) is 11.6. The Bertz CT molecular complexity index is 1410. The number of anilines is 1. The van der Waals surface area contributed by atoms with Gasteiger partial charge in [-0.25, -0.2) is 14.8 Å². The van der Waals surface area contributed by atoms with Crippen LogP contribution in [0.25, 0.3) is 11.1 Å². The summed E-state index contributed by atoms with van der Waals surface area (Å²) in [6, 6.07) is 25.2. The molecule has 9 nitrogen and oxygen atoms in total. The van der Waals surface area contributed by atoms with Gasteiger partial charge in [-0.3, -0.25) is 14.5 Å². The maximum Gasteiger partial charge on any atom is 0.429 e. The molecule has 0 saturated carbocycles. The maximum absolute atomic E-state index is 13.6. The molecular formula is C35H43N5O4. The van der Waals surface area contributed by atoms with Crippen LogP contribution < -0.4 is 10.7 Å². The molecule has 2 aliphatic rings. The minimum Gasteiger partial charge on any atom is -0.446 e. The Morgan fingerprint density at radius 3 is 2.25 bits per heavy atom. The molecule has 2 N–H and O–H groups in total. The number of amides is 3. The van der Waals surface area contributed by atoms with Gasteiger partial charge in [0.1, 0.15) is 6.61 Å². The molecule has 9 heteroatoms. The summed E-state index contributed by atoms with van der Waals surface area (Å²) in [6.07, 6.45) is 5.55. The van der Waals surface area contributed by atoms with Crippen LogP contribution in [0.5, 0.6) is 0 Å². The molecule has 1 atom stereocenters. The maximum atomic E-state index is 13.6. The summed E-state index contributed by atoms with van der Waals surface area (Å²) in [7, 11) is 1.71. The molecule has 2 heterocycles. The lowest BCUT2D eigenvalue weighted by Crippen LogP contribution is -2.50. The highest BCUT2D eigenvalue weighted by atomic mass is 16.6. The third-order valence-corrected chi connectivity index (χ3v) is 8.53. The van der Waals surface area contributed by atoms with Crippen molar-refractivity contribution in [2.75, 3.05) is 44.8 Å². The molecule has 232 valence electrons. The van der Waals surface area contributed by atoms with Crippen LogP contribution in [0.2, 0.25) is 0 Å². The lowest BCUT2D eigenvalue weighted by molar-refractivity contribution is -0.124. The Morgan fingerprint density at radius 1 is 0.841 bits per heavy atom. The number of primary amides is 1. The Hall–Kier alpha value is -4.21. The molecule has 2 saturated heterocycles. The zero-order valence-electron chi connectivity index (χ0n) is 25.6. The van der Waals surface area contributed by atoms with Gasteiger partial charge in [-0.1, -0.05) is 73.5 Å². The molecule has 0 bridgehead atoms. The third kappa shape index (κ3) is 7.65. The number of hydrogen-bond acceptors (Lipinski definition) is 6. The molecule has 44 heavy (non-hydrogen) atoms. The number of likely N-dealkylation sites (tertiary alicyclic amines) is 1. The average Bonchev–Trinajstić information content (AvgIpc) is 3.06. The first-order chi connectivity index (χ1) is 21.4. The van der Waals surface area contributed by atoms with E-state index in [1.165, 1.54) is 0 Å². The lowest BCUT2D eigenvalue weighted by atomic mass is 10.0. The molecule has 3 aromatic carbocycles. The topological polar surface area (TPSA) is 99.4 Å². The van der Waals surface area contributed by atoms with E-state index in [0.29, 0.717) is 12.1 Å². The van der Waals surface area contributed by atoms with E-state index in [2.05, 4.69) is 9.91 Å². The molecule has 3 amide bonds. The summed E-state index contributed by atoms with van der Waals surface area (Å²) in [6.45, 7) is 3.33. The molecular weight excluding hydrogens is 554 g/mol. The Balaban J connectivity index is 1.20. The number of carbonyl (C=O) groups is 3. The zero-order valence-corrected chi connectivity index (χ0v) is 25.6. The van der Waals surface area contributed by atoms with Gasteiger partial charge in [0.05, 0.1) is 18.3 Å². The monoisotopic (exact) mass is 597 g/mol. The van der Waals surface area contributed by atoms with Crippen molar-refractivity contribution in [2.24, 2.45) is 5.73 Å². The smallest absolute Gasteiger partial charge is 0.429 e. The number of likely N-dealkylation sites (N-methyl/N-ethyl adjacent to an activating group) is 1. The highest BCUT2D eigenvalue weighted by Gasteiger charge is 2.29. The van der Waals surface area contributed by atoms with E-state index in [1.807, 2.05) is 78.9 Å². The fraction of sp³-hybridized carbons (Fsp3) is 0.400. The van der Waals surface area contributed by atoms with Crippen molar-refractivity contribution in [1.29, 1.82) is 0 Å². The second-order valence-electron chi connectivity index (χ2n) is 11.6. The predicted molar refractivity (Wildman–Crippen MR) is 172 cm³/mol. The summed E-state index contributed by atoms with van der Waals surface area (Å²) in [5.74, 6) is -0.429. The van der Waals surface area contributed by atoms with Gasteiger partial charge in [0.2, 0.25) is 5.91 Å². The summed E-state index contributed by atoms with van der Waals surface area (Å²) >= 11 is 0. The summed E-state index contributed by atoms with van der Waals surface area (Å²) in [4.78, 5) is 42.4. The zero-order chi connectivity index (χ0) is 30.9. The fourth-order valence-corrected chi connectivity index (χ4v) is 6.11. The predicted octanol–water partition coefficient (Wildman–Crippen LogP) is 5.31. The molecule has 2 aliphatic heterocycles. The molecule has 3 aromatic rings. The van der Waals surface area contributed by atoms with Gasteiger partial charge < -0.3 is 15.4 Å². The van der Waals surface area contributed by atoms with Crippen molar-refractivity contribution < 1.29 is 19.1 Å². The van der Waals surface area contributed by atoms with Crippen LogP contribution >= 0.6 is 0 Å². The van der Waals surface area contributed by atoms with Gasteiger partial charge in [-0.2, -0.15) is 0 Å². The SMILES string of the molecule is CN(CCOC(=O)N(c1ccccc1-c1ccccc1)N1CCCCC1)C(=O)c1ccc(CN2CCCCC2C(N)=O)cc1. The minimum absolute atomic E-state index is 0.0699. The van der Waals surface area contributed by atoms with Gasteiger partial charge in [-0.05, 0) is 61.6 Å². The van der Waals surface area contributed by atoms with Crippen molar-refractivity contribution in [3.05, 3.63) is 90.0 Å². The molecule has 1 unspecified atom stereocenters. The molecule has 0 radical (unpaired) electrons. The van der Waals surface area contributed by atoms with Crippen LogP contribution in [0, 0.1) is 0 Å². The first-order valence-corrected chi connectivity index (χ1v) is 15.7. The summed E-state index contributed by atoms with van der Waals surface area (Å²) in [5, 5.41) is 3.74. The van der Waals surface area contributed by atoms with Crippen LogP contribution in [-0.2, 0) is 16.1 Å². The Labute approximate surface area is 260 Å². The number of rotatable bonds is 10. The van der Waals surface area contributed by atoms with Crippen LogP contribution in [0.4, 0.5) is 10.5 Å². The first-order valence-electron chi connectivity index (χ1n) is 15.7. The fourth-order valence-electron chi connectivity index (χ4n) is 6.11. The van der Waals surface area contributed by atoms with Crippen LogP contribution in [0.1, 0.15) is 54.4 Å². The van der Waals surface area contributed by atoms with Crippen molar-refractivity contribution in [3.63, 3.8) is 0 Å². The number of nitrogens with two attached hydrogens (primary N) is 1. The number of benzene rings is 3. The van der Waals surface area contributed by atoms with Gasteiger partial charge in [0.25, 0.3) is 5.91 Å². The molecule has 0 spiro atoms. The number of hydrazine groups is 1. The summed E-state index contributed by atoms with van der Waals surface area (Å²) < 4.78 is 5.80. The van der Waals surface area contributed by atoms with E-state index in [9.17, 15) is 14.4 Å². The van der Waals surface area contributed by atoms with E-state index in [-0.39, 0.29) is 31.0 Å². The number of ether oxygens (including phenoxy) is 1. The van der Waals surface area contributed by atoms with Crippen molar-refractivity contribution in [1.82, 2.24) is 14.8 Å². The molecule has 5 rings (SSSR count). The van der Waals surface area contributed by atoms with E-state index >= 15 is 0 Å². The van der Waals surface area contributed by atoms with Crippen molar-refractivity contribution in [2.45, 2.75) is 51.1 Å². The quantitative estimate of drug-likeness (QED) is 0.340. The Morgan fingerprint density at radius 2 is 1.52 bits per heavy atom. The highest BCUT2D eigenvalue weighted by Crippen LogP contribution is 2.33. The molecule has 0 aromatic heterocycles. The Kier molecular flexibility index (Phi) is 10.6. The van der Waals surface area contributed by atoms with E-state index in [4.69, 9.17) is 10.5 Å². The van der Waals surface area contributed by atoms with Crippen LogP contribution in [-0.4, -0.2) is 78.6 Å². The summed E-state index contributed by atoms with van der Waals surface area (Å²) in [5.41, 5.74) is 9.96. The first kappa shape index (κ1) is 31.2. The van der Waals surface area contributed by atoms with E-state index < -0.39 is 6.09 Å². The minimum atomic E-state index is -0.451. The highest BCUT2D eigenvalue weighted by molar-refractivity contribution is 5.94. The average molecular weight is 598 g/mol. The van der Waals surface area contributed by atoms with Gasteiger partial charge in [-0.15, -0.1) is 0 Å². The van der Waals surface area contributed by atoms with Crippen LogP contribution in [0.15, 0.2) is 78.9 Å². The molecule has 2 fully saturated rings.